The monoisotopic (exact) mass is 206 g/mol. The molecule has 0 bridgehead atoms. The molecule has 0 aliphatic rings. The summed E-state index contributed by atoms with van der Waals surface area (Å²) in [5, 5.41) is 10.5. The van der Waals surface area contributed by atoms with Crippen LogP contribution in [-0.4, -0.2) is 20.4 Å². The van der Waals surface area contributed by atoms with E-state index in [1.54, 1.807) is 7.11 Å². The van der Waals surface area contributed by atoms with Gasteiger partial charge in [-0.15, -0.1) is 0 Å². The number of hydrogen-bond donors (Lipinski definition) is 2. The first kappa shape index (κ1) is 11.6. The van der Waals surface area contributed by atoms with Gasteiger partial charge in [-0.2, -0.15) is 0 Å². The van der Waals surface area contributed by atoms with E-state index in [-0.39, 0.29) is 0 Å². The van der Waals surface area contributed by atoms with Crippen LogP contribution < -0.4 is 10.1 Å². The second-order valence-electron chi connectivity index (χ2n) is 3.73. The average molecular weight is 206 g/mol. The average Bonchev–Trinajstić information content (AvgIpc) is 2.26. The van der Waals surface area contributed by atoms with Gasteiger partial charge < -0.3 is 15.5 Å². The maximum absolute atomic E-state index is 7.38. The fourth-order valence-electron chi connectivity index (χ4n) is 1.63. The fourth-order valence-corrected chi connectivity index (χ4v) is 1.63. The van der Waals surface area contributed by atoms with Crippen LogP contribution in [0.3, 0.4) is 0 Å². The Hall–Kier alpha value is -1.51. The lowest BCUT2D eigenvalue weighted by atomic mass is 9.97. The van der Waals surface area contributed by atoms with E-state index in [2.05, 4.69) is 19.2 Å². The van der Waals surface area contributed by atoms with Gasteiger partial charge >= 0.3 is 0 Å². The topological polar surface area (TPSA) is 45.1 Å². The highest BCUT2D eigenvalue weighted by molar-refractivity contribution is 5.88. The van der Waals surface area contributed by atoms with Crippen LogP contribution in [0.25, 0.3) is 0 Å². The summed E-state index contributed by atoms with van der Waals surface area (Å²) in [6.07, 6.45) is 1.35. The molecule has 3 heteroatoms. The molecule has 0 aliphatic carbocycles. The van der Waals surface area contributed by atoms with Crippen molar-refractivity contribution in [1.82, 2.24) is 0 Å². The first-order chi connectivity index (χ1) is 7.13. The first-order valence-electron chi connectivity index (χ1n) is 5.04. The highest BCUT2D eigenvalue weighted by Gasteiger charge is 2.11. The van der Waals surface area contributed by atoms with Gasteiger partial charge in [-0.3, -0.25) is 0 Å². The van der Waals surface area contributed by atoms with Crippen molar-refractivity contribution >= 4 is 11.9 Å². The third-order valence-electron chi connectivity index (χ3n) is 2.44. The van der Waals surface area contributed by atoms with Gasteiger partial charge in [-0.1, -0.05) is 13.8 Å². The number of nitrogens with one attached hydrogen (secondary N) is 2. The van der Waals surface area contributed by atoms with Crippen molar-refractivity contribution < 1.29 is 4.74 Å². The maximum atomic E-state index is 7.38. The van der Waals surface area contributed by atoms with Crippen molar-refractivity contribution in [2.45, 2.75) is 19.8 Å². The molecule has 0 unspecified atom stereocenters. The lowest BCUT2D eigenvalue weighted by molar-refractivity contribution is 0.414. The molecule has 0 fully saturated rings. The molecule has 0 aliphatic heterocycles. The van der Waals surface area contributed by atoms with E-state index in [0.717, 1.165) is 17.0 Å². The molecule has 0 amide bonds. The van der Waals surface area contributed by atoms with Gasteiger partial charge in [0.05, 0.1) is 7.11 Å². The summed E-state index contributed by atoms with van der Waals surface area (Å²) < 4.78 is 5.22. The molecule has 0 atom stereocenters. The largest absolute Gasteiger partial charge is 0.497 e. The van der Waals surface area contributed by atoms with Crippen LogP contribution in [0.5, 0.6) is 5.75 Å². The Morgan fingerprint density at radius 1 is 1.40 bits per heavy atom. The molecule has 1 aromatic carbocycles. The molecule has 0 saturated heterocycles. The van der Waals surface area contributed by atoms with Crippen LogP contribution >= 0.6 is 0 Å². The molecule has 82 valence electrons. The van der Waals surface area contributed by atoms with Crippen molar-refractivity contribution in [3.05, 3.63) is 23.3 Å². The number of anilines is 1. The Bertz CT molecular complexity index is 359. The Morgan fingerprint density at radius 2 is 2.07 bits per heavy atom. The van der Waals surface area contributed by atoms with E-state index in [0.29, 0.717) is 5.92 Å². The number of methoxy groups -OCH3 is 1. The molecular formula is C12H18N2O. The lowest BCUT2D eigenvalue weighted by Gasteiger charge is -2.16. The molecule has 0 radical (unpaired) electrons. The summed E-state index contributed by atoms with van der Waals surface area (Å²) in [6, 6.07) is 3.88. The Morgan fingerprint density at radius 3 is 2.47 bits per heavy atom. The summed E-state index contributed by atoms with van der Waals surface area (Å²) in [5.74, 6) is 1.21. The Balaban J connectivity index is 3.38. The molecule has 0 saturated carbocycles. The number of hydrogen-bond acceptors (Lipinski definition) is 3. The minimum atomic E-state index is 0.404. The highest BCUT2D eigenvalue weighted by atomic mass is 16.5. The summed E-state index contributed by atoms with van der Waals surface area (Å²) in [4.78, 5) is 0. The van der Waals surface area contributed by atoms with Crippen molar-refractivity contribution in [2.24, 2.45) is 0 Å². The van der Waals surface area contributed by atoms with E-state index in [9.17, 15) is 0 Å². The quantitative estimate of drug-likeness (QED) is 0.744. The summed E-state index contributed by atoms with van der Waals surface area (Å²) >= 11 is 0. The van der Waals surface area contributed by atoms with Crippen LogP contribution in [0, 0.1) is 5.41 Å². The zero-order valence-electron chi connectivity index (χ0n) is 9.72. The van der Waals surface area contributed by atoms with Gasteiger partial charge in [0.25, 0.3) is 0 Å². The number of benzene rings is 1. The lowest BCUT2D eigenvalue weighted by Crippen LogP contribution is -2.02. The summed E-state index contributed by atoms with van der Waals surface area (Å²) in [7, 11) is 3.52. The predicted molar refractivity (Wildman–Crippen MR) is 64.5 cm³/mol. The van der Waals surface area contributed by atoms with Crippen LogP contribution in [0.1, 0.15) is 30.9 Å². The van der Waals surface area contributed by atoms with Gasteiger partial charge in [0, 0.05) is 24.5 Å². The van der Waals surface area contributed by atoms with Gasteiger partial charge in [0.15, 0.2) is 0 Å². The zero-order chi connectivity index (χ0) is 11.4. The van der Waals surface area contributed by atoms with E-state index in [4.69, 9.17) is 10.1 Å². The van der Waals surface area contributed by atoms with Gasteiger partial charge in [0.1, 0.15) is 5.75 Å². The minimum Gasteiger partial charge on any atom is -0.497 e. The second kappa shape index (κ2) is 4.82. The van der Waals surface area contributed by atoms with Crippen molar-refractivity contribution in [2.75, 3.05) is 19.5 Å². The molecule has 15 heavy (non-hydrogen) atoms. The maximum Gasteiger partial charge on any atom is 0.119 e. The van der Waals surface area contributed by atoms with E-state index >= 15 is 0 Å². The molecular weight excluding hydrogens is 188 g/mol. The molecule has 2 N–H and O–H groups in total. The van der Waals surface area contributed by atoms with Crippen molar-refractivity contribution in [3.8, 4) is 5.75 Å². The number of rotatable bonds is 4. The third kappa shape index (κ3) is 2.29. The Labute approximate surface area is 91.0 Å². The second-order valence-corrected chi connectivity index (χ2v) is 3.73. The van der Waals surface area contributed by atoms with Crippen LogP contribution in [0.4, 0.5) is 5.69 Å². The predicted octanol–water partition coefficient (Wildman–Crippen LogP) is 2.86. The SMILES string of the molecule is CNc1c(C=N)cc(OC)cc1C(C)C. The highest BCUT2D eigenvalue weighted by Crippen LogP contribution is 2.31. The normalized spacial score (nSPS) is 10.2. The van der Waals surface area contributed by atoms with Crippen LogP contribution in [0.15, 0.2) is 12.1 Å². The molecule has 3 nitrogen and oxygen atoms in total. The molecule has 0 spiro atoms. The van der Waals surface area contributed by atoms with E-state index in [1.165, 1.54) is 11.8 Å². The van der Waals surface area contributed by atoms with Crippen LogP contribution in [0.2, 0.25) is 0 Å². The minimum absolute atomic E-state index is 0.404. The molecule has 0 aromatic heterocycles. The summed E-state index contributed by atoms with van der Waals surface area (Å²) in [6.45, 7) is 4.26. The van der Waals surface area contributed by atoms with Crippen LogP contribution in [-0.2, 0) is 0 Å². The van der Waals surface area contributed by atoms with Crippen molar-refractivity contribution in [3.63, 3.8) is 0 Å². The van der Waals surface area contributed by atoms with E-state index in [1.807, 2.05) is 19.2 Å². The standard InChI is InChI=1S/C12H18N2O/c1-8(2)11-6-10(15-4)5-9(7-13)12(11)14-3/h5-8,13-14H,1-4H3. The Kier molecular flexibility index (Phi) is 3.72. The summed E-state index contributed by atoms with van der Waals surface area (Å²) in [5.41, 5.74) is 3.05. The molecule has 1 rings (SSSR count). The van der Waals surface area contributed by atoms with Crippen molar-refractivity contribution in [1.29, 1.82) is 5.41 Å². The first-order valence-corrected chi connectivity index (χ1v) is 5.04. The molecule has 0 heterocycles. The van der Waals surface area contributed by atoms with Gasteiger partial charge in [-0.25, -0.2) is 0 Å². The number of ether oxygens (including phenoxy) is 1. The van der Waals surface area contributed by atoms with Gasteiger partial charge in [-0.05, 0) is 23.6 Å². The fraction of sp³-hybridized carbons (Fsp3) is 0.417. The van der Waals surface area contributed by atoms with E-state index < -0.39 is 0 Å². The zero-order valence-corrected chi connectivity index (χ0v) is 9.72. The smallest absolute Gasteiger partial charge is 0.119 e. The third-order valence-corrected chi connectivity index (χ3v) is 2.44. The van der Waals surface area contributed by atoms with Gasteiger partial charge in [0.2, 0.25) is 0 Å². The molecule has 1 aromatic rings.